The lowest BCUT2D eigenvalue weighted by molar-refractivity contribution is -0.116. The number of likely N-dealkylation sites (N-methyl/N-ethyl adjacent to an activating group) is 1. The van der Waals surface area contributed by atoms with Crippen molar-refractivity contribution >= 4 is 34.9 Å². The molecule has 0 saturated heterocycles. The first-order valence-corrected chi connectivity index (χ1v) is 10.4. The number of carbonyl (C=O) groups excluding carboxylic acids is 3. The Hall–Kier alpha value is -4.17. The Morgan fingerprint density at radius 2 is 1.36 bits per heavy atom. The molecule has 170 valence electrons. The van der Waals surface area contributed by atoms with Crippen LogP contribution in [0.5, 0.6) is 0 Å². The van der Waals surface area contributed by atoms with E-state index in [2.05, 4.69) is 21.3 Å². The summed E-state index contributed by atoms with van der Waals surface area (Å²) in [5, 5.41) is 11.2. The van der Waals surface area contributed by atoms with Crippen LogP contribution >= 0.6 is 0 Å². The molecule has 0 radical (unpaired) electrons. The molecule has 33 heavy (non-hydrogen) atoms. The van der Waals surface area contributed by atoms with Gasteiger partial charge in [-0.1, -0.05) is 30.3 Å². The molecule has 0 fully saturated rings. The van der Waals surface area contributed by atoms with Crippen LogP contribution in [0.2, 0.25) is 0 Å². The average Bonchev–Trinajstić information content (AvgIpc) is 2.78. The topological polar surface area (TPSA) is 103 Å². The summed E-state index contributed by atoms with van der Waals surface area (Å²) < 4.78 is 0. The fraction of sp³-hybridized carbons (Fsp3) is 0.160. The zero-order valence-corrected chi connectivity index (χ0v) is 18.6. The smallest absolute Gasteiger partial charge is 0.323 e. The van der Waals surface area contributed by atoms with Crippen LogP contribution in [0.15, 0.2) is 78.9 Å². The number of nitrogens with one attached hydrogen (secondary N) is 4. The Bertz CT molecular complexity index is 1100. The molecule has 0 aromatic heterocycles. The number of amides is 4. The standard InChI is InChI=1S/C25H27N5O3/c1-30(2)17-23(31)27-22-10-6-7-18(15-22)16-26-24(32)19-11-13-21(14-12-19)29-25(33)28-20-8-4-3-5-9-20/h3-15H,16-17H2,1-2H3,(H,26,32)(H,27,31)(H2,28,29,33). The van der Waals surface area contributed by atoms with Gasteiger partial charge in [-0.15, -0.1) is 0 Å². The van der Waals surface area contributed by atoms with Crippen molar-refractivity contribution in [3.8, 4) is 0 Å². The molecule has 4 N–H and O–H groups in total. The number of carbonyl (C=O) groups is 3. The monoisotopic (exact) mass is 445 g/mol. The number of anilines is 3. The Kier molecular flexibility index (Phi) is 8.15. The number of urea groups is 1. The molecule has 3 aromatic rings. The Labute approximate surface area is 193 Å². The summed E-state index contributed by atoms with van der Waals surface area (Å²) in [6, 6.07) is 22.7. The Morgan fingerprint density at radius 1 is 0.727 bits per heavy atom. The van der Waals surface area contributed by atoms with Crippen LogP contribution in [0, 0.1) is 0 Å². The number of hydrogen-bond donors (Lipinski definition) is 4. The van der Waals surface area contributed by atoms with Crippen LogP contribution in [-0.2, 0) is 11.3 Å². The highest BCUT2D eigenvalue weighted by Crippen LogP contribution is 2.13. The first-order chi connectivity index (χ1) is 15.9. The van der Waals surface area contributed by atoms with Gasteiger partial charge >= 0.3 is 6.03 Å². The summed E-state index contributed by atoms with van der Waals surface area (Å²) in [7, 11) is 3.65. The molecular weight excluding hydrogens is 418 g/mol. The summed E-state index contributed by atoms with van der Waals surface area (Å²) in [6.07, 6.45) is 0. The molecule has 0 aliphatic rings. The predicted octanol–water partition coefficient (Wildman–Crippen LogP) is 3.76. The van der Waals surface area contributed by atoms with Crippen LogP contribution in [0.25, 0.3) is 0 Å². The molecule has 0 atom stereocenters. The molecule has 0 aliphatic carbocycles. The van der Waals surface area contributed by atoms with Crippen LogP contribution in [-0.4, -0.2) is 43.4 Å². The number of rotatable bonds is 8. The van der Waals surface area contributed by atoms with Crippen molar-refractivity contribution in [3.05, 3.63) is 90.0 Å². The fourth-order valence-electron chi connectivity index (χ4n) is 3.05. The van der Waals surface area contributed by atoms with Crippen LogP contribution in [0.4, 0.5) is 21.9 Å². The molecule has 0 unspecified atom stereocenters. The van der Waals surface area contributed by atoms with Crippen molar-refractivity contribution in [2.45, 2.75) is 6.54 Å². The van der Waals surface area contributed by atoms with Gasteiger partial charge in [0.15, 0.2) is 0 Å². The van der Waals surface area contributed by atoms with Gasteiger partial charge in [-0.05, 0) is 68.2 Å². The minimum atomic E-state index is -0.365. The van der Waals surface area contributed by atoms with Gasteiger partial charge in [0.1, 0.15) is 0 Å². The molecule has 0 aliphatic heterocycles. The van der Waals surface area contributed by atoms with E-state index in [4.69, 9.17) is 0 Å². The molecule has 3 aromatic carbocycles. The maximum absolute atomic E-state index is 12.5. The summed E-state index contributed by atoms with van der Waals surface area (Å²) in [5.74, 6) is -0.343. The van der Waals surface area contributed by atoms with E-state index >= 15 is 0 Å². The summed E-state index contributed by atoms with van der Waals surface area (Å²) in [6.45, 7) is 0.607. The van der Waals surface area contributed by atoms with Gasteiger partial charge in [-0.3, -0.25) is 9.59 Å². The molecule has 0 heterocycles. The fourth-order valence-corrected chi connectivity index (χ4v) is 3.05. The van der Waals surface area contributed by atoms with Gasteiger partial charge in [-0.25, -0.2) is 4.79 Å². The van der Waals surface area contributed by atoms with E-state index in [0.29, 0.717) is 35.7 Å². The minimum Gasteiger partial charge on any atom is -0.348 e. The number of benzene rings is 3. The lowest BCUT2D eigenvalue weighted by atomic mass is 10.1. The molecule has 0 bridgehead atoms. The first-order valence-electron chi connectivity index (χ1n) is 10.4. The molecule has 0 spiro atoms. The predicted molar refractivity (Wildman–Crippen MR) is 130 cm³/mol. The van der Waals surface area contributed by atoms with Gasteiger partial charge in [0.25, 0.3) is 5.91 Å². The Morgan fingerprint density at radius 3 is 2.03 bits per heavy atom. The molecule has 4 amide bonds. The maximum Gasteiger partial charge on any atom is 0.323 e. The second kappa shape index (κ2) is 11.4. The van der Waals surface area contributed by atoms with Crippen molar-refractivity contribution < 1.29 is 14.4 Å². The number of para-hydroxylation sites is 1. The highest BCUT2D eigenvalue weighted by molar-refractivity contribution is 6.00. The highest BCUT2D eigenvalue weighted by Gasteiger charge is 2.08. The summed E-state index contributed by atoms with van der Waals surface area (Å²) in [4.78, 5) is 38.3. The van der Waals surface area contributed by atoms with Crippen molar-refractivity contribution in [1.29, 1.82) is 0 Å². The normalized spacial score (nSPS) is 10.4. The SMILES string of the molecule is CN(C)CC(=O)Nc1cccc(CNC(=O)c2ccc(NC(=O)Nc3ccccc3)cc2)c1. The van der Waals surface area contributed by atoms with Gasteiger partial charge in [0.2, 0.25) is 5.91 Å². The maximum atomic E-state index is 12.5. The second-order valence-electron chi connectivity index (χ2n) is 7.69. The van der Waals surface area contributed by atoms with Crippen molar-refractivity contribution in [2.75, 3.05) is 36.6 Å². The third-order valence-electron chi connectivity index (χ3n) is 4.56. The third-order valence-corrected chi connectivity index (χ3v) is 4.56. The van der Waals surface area contributed by atoms with Gasteiger partial charge in [-0.2, -0.15) is 0 Å². The molecule has 3 rings (SSSR count). The average molecular weight is 446 g/mol. The van der Waals surface area contributed by atoms with Gasteiger partial charge < -0.3 is 26.2 Å². The van der Waals surface area contributed by atoms with Crippen molar-refractivity contribution in [1.82, 2.24) is 10.2 Å². The largest absolute Gasteiger partial charge is 0.348 e. The van der Waals surface area contributed by atoms with Crippen LogP contribution < -0.4 is 21.3 Å². The zero-order chi connectivity index (χ0) is 23.6. The van der Waals surface area contributed by atoms with Gasteiger partial charge in [0, 0.05) is 29.2 Å². The lowest BCUT2D eigenvalue weighted by Crippen LogP contribution is -2.27. The van der Waals surface area contributed by atoms with Crippen molar-refractivity contribution in [3.63, 3.8) is 0 Å². The van der Waals surface area contributed by atoms with Gasteiger partial charge in [0.05, 0.1) is 6.54 Å². The van der Waals surface area contributed by atoms with Crippen molar-refractivity contribution in [2.24, 2.45) is 0 Å². The first kappa shape index (κ1) is 23.5. The third kappa shape index (κ3) is 7.79. The lowest BCUT2D eigenvalue weighted by Gasteiger charge is -2.11. The van der Waals surface area contributed by atoms with Crippen LogP contribution in [0.1, 0.15) is 15.9 Å². The number of nitrogens with zero attached hydrogens (tertiary/aromatic N) is 1. The van der Waals surface area contributed by atoms with E-state index < -0.39 is 0 Å². The van der Waals surface area contributed by atoms with Crippen LogP contribution in [0.3, 0.4) is 0 Å². The van der Waals surface area contributed by atoms with E-state index in [0.717, 1.165) is 5.56 Å². The summed E-state index contributed by atoms with van der Waals surface area (Å²) in [5.41, 5.74) is 3.27. The molecular formula is C25H27N5O3. The Balaban J connectivity index is 1.50. The number of hydrogen-bond acceptors (Lipinski definition) is 4. The zero-order valence-electron chi connectivity index (χ0n) is 18.6. The highest BCUT2D eigenvalue weighted by atomic mass is 16.2. The second-order valence-corrected chi connectivity index (χ2v) is 7.69. The molecule has 0 saturated carbocycles. The van der Waals surface area contributed by atoms with E-state index in [1.54, 1.807) is 47.4 Å². The van der Waals surface area contributed by atoms with E-state index in [1.807, 2.05) is 50.5 Å². The summed E-state index contributed by atoms with van der Waals surface area (Å²) >= 11 is 0. The molecule has 8 nitrogen and oxygen atoms in total. The van der Waals surface area contributed by atoms with E-state index in [-0.39, 0.29) is 17.8 Å². The van der Waals surface area contributed by atoms with E-state index in [1.165, 1.54) is 0 Å². The quantitative estimate of drug-likeness (QED) is 0.424. The molecule has 8 heteroatoms. The van der Waals surface area contributed by atoms with E-state index in [9.17, 15) is 14.4 Å². The minimum absolute atomic E-state index is 0.104.